The Bertz CT molecular complexity index is 680. The summed E-state index contributed by atoms with van der Waals surface area (Å²) in [5.74, 6) is -1.84. The Balaban J connectivity index is 2.08. The molecule has 2 N–H and O–H groups in total. The molecule has 2 rings (SSSR count). The summed E-state index contributed by atoms with van der Waals surface area (Å²) in [6.45, 7) is 4.05. The van der Waals surface area contributed by atoms with Crippen molar-refractivity contribution in [1.29, 1.82) is 0 Å². The number of nitrogens with zero attached hydrogens (tertiary/aromatic N) is 1. The third kappa shape index (κ3) is 4.42. The molecule has 7 heteroatoms. The molecule has 1 heterocycles. The highest BCUT2D eigenvalue weighted by Crippen LogP contribution is 2.17. The van der Waals surface area contributed by atoms with Crippen LogP contribution in [0, 0.1) is 11.6 Å². The SMILES string of the molecule is CC(C)SNc1cc(C(=O)Nc2ccc(F)c(F)c2)ccn1. The molecule has 1 amide bonds. The van der Waals surface area contributed by atoms with Crippen molar-refractivity contribution in [2.45, 2.75) is 19.1 Å². The number of carbonyl (C=O) groups is 1. The number of pyridine rings is 1. The van der Waals surface area contributed by atoms with Crippen molar-refractivity contribution in [2.75, 3.05) is 10.0 Å². The summed E-state index contributed by atoms with van der Waals surface area (Å²) in [5.41, 5.74) is 0.554. The van der Waals surface area contributed by atoms with E-state index in [2.05, 4.69) is 15.0 Å². The van der Waals surface area contributed by atoms with Crippen LogP contribution in [0.25, 0.3) is 0 Å². The second-order valence-corrected chi connectivity index (χ2v) is 6.16. The van der Waals surface area contributed by atoms with Crippen LogP contribution in [0.4, 0.5) is 20.3 Å². The van der Waals surface area contributed by atoms with Crippen molar-refractivity contribution in [3.05, 3.63) is 53.7 Å². The maximum absolute atomic E-state index is 13.1. The molecule has 0 fully saturated rings. The normalized spacial score (nSPS) is 10.6. The molecule has 1 aromatic carbocycles. The number of hydrogen-bond acceptors (Lipinski definition) is 4. The summed E-state index contributed by atoms with van der Waals surface area (Å²) < 4.78 is 29.0. The van der Waals surface area contributed by atoms with Gasteiger partial charge >= 0.3 is 0 Å². The van der Waals surface area contributed by atoms with Crippen molar-refractivity contribution < 1.29 is 13.6 Å². The standard InChI is InChI=1S/C15H15F2N3OS/c1-9(2)22-20-14-7-10(5-6-18-14)15(21)19-11-3-4-12(16)13(17)8-11/h3-9H,1-2H3,(H,18,20)(H,19,21). The lowest BCUT2D eigenvalue weighted by molar-refractivity contribution is 0.102. The molecule has 0 aliphatic rings. The molecule has 1 aromatic heterocycles. The molecule has 116 valence electrons. The molecule has 0 radical (unpaired) electrons. The van der Waals surface area contributed by atoms with Crippen LogP contribution in [-0.2, 0) is 0 Å². The van der Waals surface area contributed by atoms with Crippen molar-refractivity contribution in [3.8, 4) is 0 Å². The second kappa shape index (κ2) is 7.22. The molecule has 0 spiro atoms. The van der Waals surface area contributed by atoms with Crippen molar-refractivity contribution in [2.24, 2.45) is 0 Å². The number of benzene rings is 1. The average Bonchev–Trinajstić information content (AvgIpc) is 2.49. The lowest BCUT2D eigenvalue weighted by Gasteiger charge is -2.09. The molecule has 0 saturated carbocycles. The predicted molar refractivity (Wildman–Crippen MR) is 84.9 cm³/mol. The number of anilines is 2. The van der Waals surface area contributed by atoms with Crippen LogP contribution in [0.2, 0.25) is 0 Å². The zero-order valence-electron chi connectivity index (χ0n) is 12.1. The van der Waals surface area contributed by atoms with Gasteiger partial charge in [-0.25, -0.2) is 13.8 Å². The Hall–Kier alpha value is -2.15. The fraction of sp³-hybridized carbons (Fsp3) is 0.200. The largest absolute Gasteiger partial charge is 0.322 e. The minimum absolute atomic E-state index is 0.187. The van der Waals surface area contributed by atoms with Crippen LogP contribution in [0.3, 0.4) is 0 Å². The van der Waals surface area contributed by atoms with Gasteiger partial charge in [0.05, 0.1) is 0 Å². The van der Waals surface area contributed by atoms with Gasteiger partial charge in [-0.1, -0.05) is 13.8 Å². The first-order chi connectivity index (χ1) is 10.5. The van der Waals surface area contributed by atoms with Gasteiger partial charge in [-0.2, -0.15) is 0 Å². The lowest BCUT2D eigenvalue weighted by atomic mass is 10.2. The quantitative estimate of drug-likeness (QED) is 0.814. The van der Waals surface area contributed by atoms with Gasteiger partial charge in [0.2, 0.25) is 0 Å². The van der Waals surface area contributed by atoms with Crippen LogP contribution in [0.5, 0.6) is 0 Å². The van der Waals surface area contributed by atoms with E-state index < -0.39 is 17.5 Å². The summed E-state index contributed by atoms with van der Waals surface area (Å²) in [7, 11) is 0. The van der Waals surface area contributed by atoms with Gasteiger partial charge in [-0.15, -0.1) is 0 Å². The van der Waals surface area contributed by atoms with Gasteiger partial charge in [0.1, 0.15) is 5.82 Å². The number of nitrogens with one attached hydrogen (secondary N) is 2. The van der Waals surface area contributed by atoms with Gasteiger partial charge in [0.25, 0.3) is 5.91 Å². The van der Waals surface area contributed by atoms with E-state index in [0.29, 0.717) is 16.6 Å². The first kappa shape index (κ1) is 16.2. The first-order valence-corrected chi connectivity index (χ1v) is 7.48. The molecule has 2 aromatic rings. The lowest BCUT2D eigenvalue weighted by Crippen LogP contribution is -2.12. The van der Waals surface area contributed by atoms with Crippen LogP contribution < -0.4 is 10.0 Å². The molecule has 0 atom stereocenters. The maximum Gasteiger partial charge on any atom is 0.255 e. The van der Waals surface area contributed by atoms with E-state index in [9.17, 15) is 13.6 Å². The number of hydrogen-bond donors (Lipinski definition) is 2. The van der Waals surface area contributed by atoms with Gasteiger partial charge in [0.15, 0.2) is 11.6 Å². The minimum Gasteiger partial charge on any atom is -0.322 e. The number of carbonyl (C=O) groups excluding carboxylic acids is 1. The van der Waals surface area contributed by atoms with Crippen LogP contribution in [-0.4, -0.2) is 16.1 Å². The summed E-state index contributed by atoms with van der Waals surface area (Å²) in [6, 6.07) is 6.32. The molecular weight excluding hydrogens is 308 g/mol. The molecule has 0 aliphatic carbocycles. The van der Waals surface area contributed by atoms with Crippen molar-refractivity contribution in [3.63, 3.8) is 0 Å². The van der Waals surface area contributed by atoms with Crippen molar-refractivity contribution >= 4 is 29.4 Å². The van der Waals surface area contributed by atoms with Gasteiger partial charge in [0, 0.05) is 28.8 Å². The zero-order valence-corrected chi connectivity index (χ0v) is 12.9. The molecule has 4 nitrogen and oxygen atoms in total. The monoisotopic (exact) mass is 323 g/mol. The van der Waals surface area contributed by atoms with Crippen molar-refractivity contribution in [1.82, 2.24) is 4.98 Å². The second-order valence-electron chi connectivity index (χ2n) is 4.78. The van der Waals surface area contributed by atoms with E-state index >= 15 is 0 Å². The highest BCUT2D eigenvalue weighted by molar-refractivity contribution is 8.01. The van der Waals surface area contributed by atoms with E-state index in [1.54, 1.807) is 12.1 Å². The summed E-state index contributed by atoms with van der Waals surface area (Å²) >= 11 is 1.48. The fourth-order valence-electron chi connectivity index (χ4n) is 1.58. The zero-order chi connectivity index (χ0) is 16.1. The number of aromatic nitrogens is 1. The summed E-state index contributed by atoms with van der Waals surface area (Å²) in [5, 5.41) is 2.87. The summed E-state index contributed by atoms with van der Waals surface area (Å²) in [6.07, 6.45) is 1.50. The Morgan fingerprint density at radius 1 is 1.18 bits per heavy atom. The Morgan fingerprint density at radius 2 is 1.95 bits per heavy atom. The van der Waals surface area contributed by atoms with Crippen LogP contribution in [0.1, 0.15) is 24.2 Å². The number of rotatable bonds is 5. The highest BCUT2D eigenvalue weighted by atomic mass is 32.2. The third-order valence-corrected chi connectivity index (χ3v) is 3.40. The smallest absolute Gasteiger partial charge is 0.255 e. The Kier molecular flexibility index (Phi) is 5.32. The van der Waals surface area contributed by atoms with Gasteiger partial charge < -0.3 is 10.0 Å². The maximum atomic E-state index is 13.1. The molecule has 0 saturated heterocycles. The minimum atomic E-state index is -1.01. The molecule has 22 heavy (non-hydrogen) atoms. The van der Waals surface area contributed by atoms with E-state index in [0.717, 1.165) is 12.1 Å². The van der Waals surface area contributed by atoms with Gasteiger partial charge in [-0.05, 0) is 36.2 Å². The average molecular weight is 323 g/mol. The Morgan fingerprint density at radius 3 is 2.64 bits per heavy atom. The third-order valence-electron chi connectivity index (χ3n) is 2.60. The Labute approximate surface area is 131 Å². The first-order valence-electron chi connectivity index (χ1n) is 6.60. The number of amides is 1. The van der Waals surface area contributed by atoms with E-state index in [4.69, 9.17) is 0 Å². The van der Waals surface area contributed by atoms with E-state index in [1.165, 1.54) is 24.2 Å². The molecular formula is C15H15F2N3OS. The topological polar surface area (TPSA) is 54.0 Å². The fourth-order valence-corrected chi connectivity index (χ4v) is 2.05. The van der Waals surface area contributed by atoms with E-state index in [-0.39, 0.29) is 5.69 Å². The summed E-state index contributed by atoms with van der Waals surface area (Å²) in [4.78, 5) is 16.2. The molecule has 0 unspecified atom stereocenters. The van der Waals surface area contributed by atoms with Crippen LogP contribution >= 0.6 is 11.9 Å². The predicted octanol–water partition coefficient (Wildman–Crippen LogP) is 4.08. The number of halogens is 2. The molecule has 0 bridgehead atoms. The molecule has 0 aliphatic heterocycles. The van der Waals surface area contributed by atoms with Gasteiger partial charge in [-0.3, -0.25) is 4.79 Å². The van der Waals surface area contributed by atoms with E-state index in [1.807, 2.05) is 13.8 Å². The highest BCUT2D eigenvalue weighted by Gasteiger charge is 2.10. The van der Waals surface area contributed by atoms with Crippen LogP contribution in [0.15, 0.2) is 36.5 Å².